The van der Waals surface area contributed by atoms with E-state index < -0.39 is 72.6 Å². The maximum atomic E-state index is 13.2. The summed E-state index contributed by atoms with van der Waals surface area (Å²) in [6, 6.07) is 2.21. The molecular weight excluding hydrogens is 500 g/mol. The lowest BCUT2D eigenvalue weighted by atomic mass is 10.0. The van der Waals surface area contributed by atoms with Crippen LogP contribution in [0, 0.1) is 0 Å². The van der Waals surface area contributed by atoms with Gasteiger partial charge < -0.3 is 42.2 Å². The first-order valence-electron chi connectivity index (χ1n) is 11.9. The molecule has 3 rings (SSSR count). The molecule has 9 N–H and O–H groups in total. The molecule has 4 amide bonds. The van der Waals surface area contributed by atoms with Gasteiger partial charge in [-0.2, -0.15) is 0 Å². The molecule has 0 aliphatic carbocycles. The predicted octanol–water partition coefficient (Wildman–Crippen LogP) is -1.57. The Balaban J connectivity index is 1.68. The molecule has 1 saturated heterocycles. The number of primary amides is 1. The molecule has 0 spiro atoms. The van der Waals surface area contributed by atoms with Gasteiger partial charge in [0, 0.05) is 23.6 Å². The van der Waals surface area contributed by atoms with E-state index in [1.165, 1.54) is 4.90 Å². The first kappa shape index (κ1) is 28.1. The van der Waals surface area contributed by atoms with E-state index >= 15 is 0 Å². The summed E-state index contributed by atoms with van der Waals surface area (Å²) in [7, 11) is 0. The number of nitrogens with zero attached hydrogens (tertiary/aromatic N) is 1. The second kappa shape index (κ2) is 12.2. The van der Waals surface area contributed by atoms with E-state index in [-0.39, 0.29) is 19.4 Å². The Kier molecular flexibility index (Phi) is 9.02. The zero-order chi connectivity index (χ0) is 28.0. The number of benzene rings is 1. The normalized spacial score (nSPS) is 17.4. The average molecular weight is 531 g/mol. The third-order valence-corrected chi connectivity index (χ3v) is 6.30. The third-order valence-electron chi connectivity index (χ3n) is 6.30. The highest BCUT2D eigenvalue weighted by molar-refractivity contribution is 5.96. The number of carboxylic acid groups (broad SMARTS) is 2. The quantitative estimate of drug-likeness (QED) is 0.167. The van der Waals surface area contributed by atoms with Crippen molar-refractivity contribution in [2.45, 2.75) is 56.3 Å². The Bertz CT molecular complexity index is 1240. The molecule has 1 fully saturated rings. The molecule has 4 atom stereocenters. The predicted molar refractivity (Wildman–Crippen MR) is 132 cm³/mol. The molecule has 0 bridgehead atoms. The Hall–Kier alpha value is -4.46. The van der Waals surface area contributed by atoms with Crippen LogP contribution in [0.5, 0.6) is 0 Å². The van der Waals surface area contributed by atoms with Crippen molar-refractivity contribution in [1.29, 1.82) is 0 Å². The Morgan fingerprint density at radius 3 is 2.42 bits per heavy atom. The van der Waals surface area contributed by atoms with Crippen molar-refractivity contribution < 1.29 is 39.0 Å². The summed E-state index contributed by atoms with van der Waals surface area (Å²) in [5, 5.41) is 23.6. The van der Waals surface area contributed by atoms with Crippen LogP contribution in [0.4, 0.5) is 0 Å². The molecule has 14 heteroatoms. The van der Waals surface area contributed by atoms with Gasteiger partial charge >= 0.3 is 11.9 Å². The number of nitrogens with one attached hydrogen (secondary N) is 3. The van der Waals surface area contributed by atoms with Gasteiger partial charge in [0.2, 0.25) is 23.6 Å². The smallest absolute Gasteiger partial charge is 0.326 e. The number of likely N-dealkylation sites (tertiary alicyclic amines) is 1. The second-order valence-electron chi connectivity index (χ2n) is 9.09. The fraction of sp³-hybridized carbons (Fsp3) is 0.417. The molecule has 4 unspecified atom stereocenters. The number of carbonyl (C=O) groups is 6. The molecule has 1 aromatic heterocycles. The minimum Gasteiger partial charge on any atom is -0.481 e. The zero-order valence-corrected chi connectivity index (χ0v) is 20.4. The van der Waals surface area contributed by atoms with E-state index in [9.17, 15) is 39.0 Å². The lowest BCUT2D eigenvalue weighted by Crippen LogP contribution is -2.57. The van der Waals surface area contributed by atoms with E-state index in [4.69, 9.17) is 11.5 Å². The Morgan fingerprint density at radius 2 is 1.76 bits per heavy atom. The number of carbonyl (C=O) groups excluding carboxylic acids is 4. The summed E-state index contributed by atoms with van der Waals surface area (Å²) >= 11 is 0. The van der Waals surface area contributed by atoms with E-state index in [1.54, 1.807) is 6.20 Å². The molecule has 204 valence electrons. The average Bonchev–Trinajstić information content (AvgIpc) is 3.50. The van der Waals surface area contributed by atoms with Crippen LogP contribution in [0.25, 0.3) is 10.9 Å². The summed E-state index contributed by atoms with van der Waals surface area (Å²) in [5.74, 6) is -6.37. The van der Waals surface area contributed by atoms with Crippen LogP contribution < -0.4 is 22.1 Å². The lowest BCUT2D eigenvalue weighted by Gasteiger charge is -2.28. The summed E-state index contributed by atoms with van der Waals surface area (Å²) in [6.07, 6.45) is 1.14. The van der Waals surface area contributed by atoms with Crippen molar-refractivity contribution in [2.75, 3.05) is 6.54 Å². The van der Waals surface area contributed by atoms with Gasteiger partial charge in [0.15, 0.2) is 0 Å². The van der Waals surface area contributed by atoms with Crippen LogP contribution in [-0.4, -0.2) is 86.4 Å². The van der Waals surface area contributed by atoms with Crippen LogP contribution in [0.3, 0.4) is 0 Å². The first-order valence-corrected chi connectivity index (χ1v) is 11.9. The largest absolute Gasteiger partial charge is 0.481 e. The molecule has 1 aromatic carbocycles. The van der Waals surface area contributed by atoms with Crippen molar-refractivity contribution in [3.63, 3.8) is 0 Å². The van der Waals surface area contributed by atoms with Gasteiger partial charge in [-0.3, -0.25) is 24.0 Å². The number of amides is 4. The van der Waals surface area contributed by atoms with Crippen LogP contribution in [-0.2, 0) is 35.2 Å². The van der Waals surface area contributed by atoms with Gasteiger partial charge in [-0.25, -0.2) is 4.79 Å². The molecule has 14 nitrogen and oxygen atoms in total. The fourth-order valence-electron chi connectivity index (χ4n) is 4.47. The van der Waals surface area contributed by atoms with Gasteiger partial charge in [0.25, 0.3) is 0 Å². The maximum Gasteiger partial charge on any atom is 0.326 e. The fourth-order valence-corrected chi connectivity index (χ4v) is 4.47. The van der Waals surface area contributed by atoms with E-state index in [2.05, 4.69) is 10.3 Å². The number of aliphatic carboxylic acids is 2. The number of para-hydroxylation sites is 1. The van der Waals surface area contributed by atoms with Gasteiger partial charge in [0.1, 0.15) is 18.1 Å². The Labute approximate surface area is 216 Å². The molecule has 2 aromatic rings. The summed E-state index contributed by atoms with van der Waals surface area (Å²) in [6.45, 7) is 0.244. The number of nitrogens with two attached hydrogens (primary N) is 2. The van der Waals surface area contributed by atoms with Crippen molar-refractivity contribution in [3.8, 4) is 0 Å². The number of fused-ring (bicyclic) bond motifs is 1. The van der Waals surface area contributed by atoms with Crippen LogP contribution in [0.15, 0.2) is 30.5 Å². The highest BCUT2D eigenvalue weighted by atomic mass is 16.4. The van der Waals surface area contributed by atoms with Crippen molar-refractivity contribution in [3.05, 3.63) is 36.0 Å². The van der Waals surface area contributed by atoms with Gasteiger partial charge in [-0.1, -0.05) is 18.2 Å². The van der Waals surface area contributed by atoms with Gasteiger partial charge in [0.05, 0.1) is 18.9 Å². The second-order valence-corrected chi connectivity index (χ2v) is 9.09. The number of carboxylic acids is 2. The number of hydrogen-bond donors (Lipinski definition) is 7. The number of H-pyrrole nitrogens is 1. The van der Waals surface area contributed by atoms with Gasteiger partial charge in [-0.15, -0.1) is 0 Å². The van der Waals surface area contributed by atoms with E-state index in [1.807, 2.05) is 29.6 Å². The van der Waals surface area contributed by atoms with Gasteiger partial charge in [-0.05, 0) is 30.9 Å². The van der Waals surface area contributed by atoms with E-state index in [0.717, 1.165) is 16.5 Å². The van der Waals surface area contributed by atoms with Crippen LogP contribution in [0.1, 0.15) is 31.2 Å². The SMILES string of the molecule is NC(=O)CC(NC(=O)C(CC(=O)O)NC(=O)C1CCCN1C(=O)C(N)Cc1c[nH]c2ccccc12)C(=O)O. The number of aromatic amines is 1. The highest BCUT2D eigenvalue weighted by Gasteiger charge is 2.38. The molecule has 0 saturated carbocycles. The summed E-state index contributed by atoms with van der Waals surface area (Å²) in [5.41, 5.74) is 12.9. The highest BCUT2D eigenvalue weighted by Crippen LogP contribution is 2.22. The van der Waals surface area contributed by atoms with Crippen LogP contribution >= 0.6 is 0 Å². The number of hydrogen-bond acceptors (Lipinski definition) is 7. The molecule has 1 aliphatic heterocycles. The topological polar surface area (TPSA) is 238 Å². The number of rotatable bonds is 12. The monoisotopic (exact) mass is 530 g/mol. The van der Waals surface area contributed by atoms with Crippen molar-refractivity contribution in [1.82, 2.24) is 20.5 Å². The Morgan fingerprint density at radius 1 is 1.05 bits per heavy atom. The first-order chi connectivity index (χ1) is 18.0. The summed E-state index contributed by atoms with van der Waals surface area (Å²) in [4.78, 5) is 77.0. The molecule has 38 heavy (non-hydrogen) atoms. The van der Waals surface area contributed by atoms with Crippen molar-refractivity contribution >= 4 is 46.5 Å². The molecule has 1 aliphatic rings. The standard InChI is InChI=1S/C24H30N6O8/c25-14(8-12-11-27-15-5-2-1-4-13(12)15)23(36)30-7-3-6-18(30)22(35)28-16(10-20(32)33)21(34)29-17(24(37)38)9-19(26)31/h1-2,4-5,11,14,16-18,27H,3,6-10,25H2,(H2,26,31)(H,28,35)(H,29,34)(H,32,33)(H,37,38). The number of aromatic nitrogens is 1. The summed E-state index contributed by atoms with van der Waals surface area (Å²) < 4.78 is 0. The molecular formula is C24H30N6O8. The molecule has 2 heterocycles. The van der Waals surface area contributed by atoms with Crippen LogP contribution in [0.2, 0.25) is 0 Å². The lowest BCUT2D eigenvalue weighted by molar-refractivity contribution is -0.145. The minimum atomic E-state index is -1.71. The molecule has 0 radical (unpaired) electrons. The third kappa shape index (κ3) is 6.85. The maximum absolute atomic E-state index is 13.2. The van der Waals surface area contributed by atoms with Crippen molar-refractivity contribution in [2.24, 2.45) is 11.5 Å². The minimum absolute atomic E-state index is 0.216. The zero-order valence-electron chi connectivity index (χ0n) is 20.4. The van der Waals surface area contributed by atoms with E-state index in [0.29, 0.717) is 6.42 Å².